The van der Waals surface area contributed by atoms with Crippen LogP contribution < -0.4 is 0 Å². The molecule has 0 fully saturated rings. The fraction of sp³-hybridized carbons (Fsp3) is 0.429. The second-order valence-electron chi connectivity index (χ2n) is 14.5. The van der Waals surface area contributed by atoms with Crippen molar-refractivity contribution in [3.05, 3.63) is 140 Å². The molecule has 0 aliphatic carbocycles. The van der Waals surface area contributed by atoms with Crippen LogP contribution in [0.15, 0.2) is 72.8 Å². The lowest BCUT2D eigenvalue weighted by molar-refractivity contribution is -0.566. The lowest BCUT2D eigenvalue weighted by Gasteiger charge is -2.36. The van der Waals surface area contributed by atoms with E-state index in [9.17, 15) is 10.5 Å². The third kappa shape index (κ3) is 7.16. The topological polar surface area (TPSA) is 77.4 Å². The maximum Gasteiger partial charge on any atom is 0.284 e. The van der Waals surface area contributed by atoms with E-state index in [1.807, 2.05) is 100 Å². The average molecular weight is 655 g/mol. The Morgan fingerprint density at radius 1 is 0.396 bits per heavy atom. The van der Waals surface area contributed by atoms with Crippen molar-refractivity contribution in [1.29, 1.82) is 0 Å². The van der Waals surface area contributed by atoms with Crippen molar-refractivity contribution < 1.29 is 30.1 Å². The molecule has 0 radical (unpaired) electrons. The van der Waals surface area contributed by atoms with Crippen LogP contribution in [0.4, 0.5) is 0 Å². The van der Waals surface area contributed by atoms with Gasteiger partial charge >= 0.3 is 0 Å². The van der Waals surface area contributed by atoms with Crippen LogP contribution in [-0.2, 0) is 31.1 Å². The van der Waals surface area contributed by atoms with Gasteiger partial charge in [-0.3, -0.25) is 0 Å². The summed E-state index contributed by atoms with van der Waals surface area (Å²) in [4.78, 5) is 23.6. The van der Waals surface area contributed by atoms with E-state index in [0.717, 1.165) is 44.5 Å². The first-order valence-electron chi connectivity index (χ1n) is 17.1. The minimum atomic E-state index is -1.95. The minimum Gasteiger partial charge on any atom is -0.248 e. The van der Waals surface area contributed by atoms with Crippen molar-refractivity contribution in [3.8, 4) is 0 Å². The smallest absolute Gasteiger partial charge is 0.248 e. The van der Waals surface area contributed by atoms with Crippen LogP contribution in [0.5, 0.6) is 0 Å². The molecule has 4 aromatic rings. The molecule has 0 saturated heterocycles. The summed E-state index contributed by atoms with van der Waals surface area (Å²) >= 11 is 0. The molecular formula is C42H54O6. The van der Waals surface area contributed by atoms with Crippen LogP contribution in [0.1, 0.15) is 146 Å². The molecule has 0 spiro atoms. The molecule has 0 atom stereocenters. The Bertz CT molecular complexity index is 1480. The monoisotopic (exact) mass is 654 g/mol. The highest BCUT2D eigenvalue weighted by molar-refractivity contribution is 5.45. The van der Waals surface area contributed by atoms with Gasteiger partial charge in [0, 0.05) is 22.3 Å². The summed E-state index contributed by atoms with van der Waals surface area (Å²) in [6, 6.07) is 23.3. The summed E-state index contributed by atoms with van der Waals surface area (Å²) in [5, 5.41) is 21.8. The summed E-state index contributed by atoms with van der Waals surface area (Å²) in [6.45, 7) is 25.2. The van der Waals surface area contributed by atoms with Gasteiger partial charge in [0.1, 0.15) is 0 Å². The van der Waals surface area contributed by atoms with Crippen LogP contribution >= 0.6 is 0 Å². The van der Waals surface area contributed by atoms with Crippen LogP contribution in [0.3, 0.4) is 0 Å². The van der Waals surface area contributed by atoms with Crippen molar-refractivity contribution in [1.82, 2.24) is 0 Å². The van der Waals surface area contributed by atoms with Gasteiger partial charge in [0.15, 0.2) is 0 Å². The van der Waals surface area contributed by atoms with Gasteiger partial charge in [0.2, 0.25) is 0 Å². The van der Waals surface area contributed by atoms with E-state index in [2.05, 4.69) is 55.4 Å². The lowest BCUT2D eigenvalue weighted by Crippen LogP contribution is -2.41. The average Bonchev–Trinajstić information content (AvgIpc) is 3.02. The van der Waals surface area contributed by atoms with Crippen molar-refractivity contribution >= 4 is 0 Å². The highest BCUT2D eigenvalue weighted by Gasteiger charge is 2.47. The van der Waals surface area contributed by atoms with Gasteiger partial charge in [-0.05, 0) is 120 Å². The largest absolute Gasteiger partial charge is 0.284 e. The SMILES string of the molecule is Cc1cc(C(OO)(OOC(OO)(c2ccc(C(C)C)c(C)c2)c2ccc(C(C)C)c(C)c2)c2ccc(C(C)C)c(C)c2)ccc1C(C)C. The maximum atomic E-state index is 10.9. The molecule has 4 aromatic carbocycles. The second kappa shape index (κ2) is 15.0. The molecule has 4 rings (SSSR count). The lowest BCUT2D eigenvalue weighted by atomic mass is 9.88. The summed E-state index contributed by atoms with van der Waals surface area (Å²) < 4.78 is 0. The zero-order valence-corrected chi connectivity index (χ0v) is 30.8. The van der Waals surface area contributed by atoms with Crippen LogP contribution in [0.25, 0.3) is 0 Å². The van der Waals surface area contributed by atoms with Crippen molar-refractivity contribution in [2.75, 3.05) is 0 Å². The summed E-state index contributed by atoms with van der Waals surface area (Å²) in [5.41, 5.74) is 10.7. The molecular weight excluding hydrogens is 600 g/mol. The molecule has 48 heavy (non-hydrogen) atoms. The zero-order valence-electron chi connectivity index (χ0n) is 30.8. The predicted molar refractivity (Wildman–Crippen MR) is 192 cm³/mol. The molecule has 0 heterocycles. The third-order valence-electron chi connectivity index (χ3n) is 9.62. The summed E-state index contributed by atoms with van der Waals surface area (Å²) in [5.74, 6) is -2.75. The van der Waals surface area contributed by atoms with E-state index < -0.39 is 11.6 Å². The molecule has 0 amide bonds. The van der Waals surface area contributed by atoms with Gasteiger partial charge in [0.25, 0.3) is 11.6 Å². The first-order chi connectivity index (χ1) is 22.6. The molecule has 2 N–H and O–H groups in total. The Hall–Kier alpha value is -3.36. The van der Waals surface area contributed by atoms with E-state index in [4.69, 9.17) is 19.6 Å². The van der Waals surface area contributed by atoms with Crippen molar-refractivity contribution in [2.24, 2.45) is 0 Å². The first kappa shape index (κ1) is 37.5. The predicted octanol–water partition coefficient (Wildman–Crippen LogP) is 11.4. The number of hydrogen-bond donors (Lipinski definition) is 2. The van der Waals surface area contributed by atoms with E-state index in [-0.39, 0.29) is 23.7 Å². The molecule has 0 bridgehead atoms. The highest BCUT2D eigenvalue weighted by atomic mass is 17.3. The van der Waals surface area contributed by atoms with Gasteiger partial charge in [-0.2, -0.15) is 19.6 Å². The molecule has 0 aliphatic heterocycles. The first-order valence-corrected chi connectivity index (χ1v) is 17.1. The highest BCUT2D eigenvalue weighted by Crippen LogP contribution is 2.44. The fourth-order valence-corrected chi connectivity index (χ4v) is 7.00. The molecule has 258 valence electrons. The van der Waals surface area contributed by atoms with Crippen molar-refractivity contribution in [2.45, 2.75) is 118 Å². The Balaban J connectivity index is 1.98. The fourth-order valence-electron chi connectivity index (χ4n) is 7.00. The quantitative estimate of drug-likeness (QED) is 0.0848. The zero-order chi connectivity index (χ0) is 35.6. The van der Waals surface area contributed by atoms with Crippen molar-refractivity contribution in [3.63, 3.8) is 0 Å². The molecule has 0 saturated carbocycles. The van der Waals surface area contributed by atoms with Crippen LogP contribution in [0.2, 0.25) is 0 Å². The number of rotatable bonds is 13. The Kier molecular flexibility index (Phi) is 11.7. The van der Waals surface area contributed by atoms with Gasteiger partial charge < -0.3 is 0 Å². The molecule has 0 aliphatic rings. The van der Waals surface area contributed by atoms with Crippen LogP contribution in [0, 0.1) is 27.7 Å². The number of benzene rings is 4. The Morgan fingerprint density at radius 2 is 0.604 bits per heavy atom. The van der Waals surface area contributed by atoms with E-state index >= 15 is 0 Å². The van der Waals surface area contributed by atoms with Gasteiger partial charge in [0.05, 0.1) is 0 Å². The molecule has 6 heteroatoms. The summed E-state index contributed by atoms with van der Waals surface area (Å²) in [7, 11) is 0. The van der Waals surface area contributed by atoms with Gasteiger partial charge in [-0.25, -0.2) is 10.5 Å². The van der Waals surface area contributed by atoms with Gasteiger partial charge in [-0.15, -0.1) is 0 Å². The maximum absolute atomic E-state index is 10.9. The molecule has 0 aromatic heterocycles. The Morgan fingerprint density at radius 3 is 0.750 bits per heavy atom. The number of aryl methyl sites for hydroxylation is 4. The summed E-state index contributed by atoms with van der Waals surface area (Å²) in [6.07, 6.45) is 0. The molecule has 0 unspecified atom stereocenters. The second-order valence-corrected chi connectivity index (χ2v) is 14.5. The van der Waals surface area contributed by atoms with Crippen LogP contribution in [-0.4, -0.2) is 10.5 Å². The standard InChI is InChI=1S/C42H54O6/c1-25(2)37-17-13-33(21-29(37)9)41(45-43,34-14-18-38(26(3)4)30(10)22-34)47-48-42(46-44,35-15-19-39(27(5)6)31(11)23-35)36-16-20-40(28(7)8)32(12)24-36/h13-28,43-44H,1-12H3. The normalized spacial score (nSPS) is 12.6. The number of hydrogen-bond acceptors (Lipinski definition) is 6. The van der Waals surface area contributed by atoms with Gasteiger partial charge in [-0.1, -0.05) is 104 Å². The van der Waals surface area contributed by atoms with E-state index in [0.29, 0.717) is 22.3 Å². The molecule has 6 nitrogen and oxygen atoms in total. The van der Waals surface area contributed by atoms with E-state index in [1.165, 1.54) is 0 Å². The van der Waals surface area contributed by atoms with E-state index in [1.54, 1.807) is 0 Å². The third-order valence-corrected chi connectivity index (χ3v) is 9.62. The minimum absolute atomic E-state index is 0.290. The Labute approximate surface area is 287 Å².